The lowest BCUT2D eigenvalue weighted by molar-refractivity contribution is -0.142. The molecule has 2 aromatic rings. The van der Waals surface area contributed by atoms with E-state index in [1.54, 1.807) is 12.4 Å². The number of aryl methyl sites for hydroxylation is 1. The van der Waals surface area contributed by atoms with E-state index in [-0.39, 0.29) is 24.7 Å². The molecule has 0 saturated carbocycles. The minimum Gasteiger partial charge on any atom is -0.469 e. The lowest BCUT2D eigenvalue weighted by Crippen LogP contribution is -2.49. The number of ether oxygens (including phenoxy) is 1. The van der Waals surface area contributed by atoms with Crippen LogP contribution in [-0.4, -0.2) is 36.4 Å². The zero-order chi connectivity index (χ0) is 22.1. The predicted octanol–water partition coefficient (Wildman–Crippen LogP) is 2.72. The molecule has 2 atom stereocenters. The molecule has 1 aromatic heterocycles. The highest BCUT2D eigenvalue weighted by atomic mass is 16.5. The second-order valence-electron chi connectivity index (χ2n) is 7.98. The summed E-state index contributed by atoms with van der Waals surface area (Å²) in [5.41, 5.74) is 1.14. The fraction of sp³-hybridized carbons (Fsp3) is 0.417. The van der Waals surface area contributed by atoms with Crippen LogP contribution in [0.3, 0.4) is 0 Å². The van der Waals surface area contributed by atoms with Gasteiger partial charge in [0.15, 0.2) is 0 Å². The minimum atomic E-state index is -0.766. The van der Waals surface area contributed by atoms with Gasteiger partial charge in [-0.05, 0) is 48.9 Å². The van der Waals surface area contributed by atoms with E-state index < -0.39 is 17.4 Å². The van der Waals surface area contributed by atoms with Crippen LogP contribution in [0, 0.1) is 5.41 Å². The summed E-state index contributed by atoms with van der Waals surface area (Å²) in [4.78, 5) is 41.9. The number of nitrogens with zero attached hydrogens (tertiary/aromatic N) is 1. The van der Waals surface area contributed by atoms with Gasteiger partial charge in [0.05, 0.1) is 25.0 Å². The molecule has 1 aromatic carbocycles. The second kappa shape index (κ2) is 10.7. The number of hydrogen-bond acceptors (Lipinski definition) is 5. The van der Waals surface area contributed by atoms with Crippen LogP contribution in [0.2, 0.25) is 0 Å². The number of nitrogens with one attached hydrogen (secondary N) is 2. The van der Waals surface area contributed by atoms with Crippen molar-refractivity contribution in [3.63, 3.8) is 0 Å². The molecule has 164 valence electrons. The first-order chi connectivity index (χ1) is 15.0. The summed E-state index contributed by atoms with van der Waals surface area (Å²) in [5, 5.41) is 5.90. The molecule has 0 aliphatic carbocycles. The number of benzene rings is 1. The molecule has 0 spiro atoms. The molecule has 7 heteroatoms. The van der Waals surface area contributed by atoms with Gasteiger partial charge in [-0.15, -0.1) is 0 Å². The quantitative estimate of drug-likeness (QED) is 0.605. The van der Waals surface area contributed by atoms with Crippen molar-refractivity contribution in [1.82, 2.24) is 15.6 Å². The van der Waals surface area contributed by atoms with Gasteiger partial charge >= 0.3 is 5.97 Å². The molecule has 1 saturated heterocycles. The van der Waals surface area contributed by atoms with Crippen molar-refractivity contribution in [2.45, 2.75) is 44.6 Å². The Hall–Kier alpha value is -3.22. The van der Waals surface area contributed by atoms with Crippen molar-refractivity contribution in [3.8, 4) is 0 Å². The van der Waals surface area contributed by atoms with E-state index in [0.717, 1.165) is 17.5 Å². The Bertz CT molecular complexity index is 888. The number of aromatic nitrogens is 1. The maximum Gasteiger partial charge on any atom is 0.307 e. The zero-order valence-corrected chi connectivity index (χ0v) is 17.8. The average Bonchev–Trinajstić information content (AvgIpc) is 2.80. The van der Waals surface area contributed by atoms with Crippen molar-refractivity contribution in [2.24, 2.45) is 5.41 Å². The molecular weight excluding hydrogens is 394 g/mol. The maximum atomic E-state index is 13.1. The van der Waals surface area contributed by atoms with Crippen LogP contribution in [0.4, 0.5) is 0 Å². The Labute approximate surface area is 182 Å². The number of amides is 2. The van der Waals surface area contributed by atoms with Crippen LogP contribution in [0.25, 0.3) is 0 Å². The lowest BCUT2D eigenvalue weighted by Gasteiger charge is -2.36. The van der Waals surface area contributed by atoms with Crippen LogP contribution in [-0.2, 0) is 25.5 Å². The maximum absolute atomic E-state index is 13.1. The van der Waals surface area contributed by atoms with Crippen molar-refractivity contribution in [1.29, 1.82) is 0 Å². The molecule has 2 amide bonds. The summed E-state index contributed by atoms with van der Waals surface area (Å²) in [7, 11) is 1.33. The van der Waals surface area contributed by atoms with Crippen molar-refractivity contribution in [3.05, 3.63) is 66.0 Å². The highest BCUT2D eigenvalue weighted by molar-refractivity contribution is 5.89. The van der Waals surface area contributed by atoms with E-state index >= 15 is 0 Å². The molecule has 0 bridgehead atoms. The van der Waals surface area contributed by atoms with Gasteiger partial charge < -0.3 is 15.4 Å². The Balaban J connectivity index is 1.73. The highest BCUT2D eigenvalue weighted by Crippen LogP contribution is 2.36. The third kappa shape index (κ3) is 6.13. The first kappa shape index (κ1) is 22.5. The van der Waals surface area contributed by atoms with Crippen molar-refractivity contribution >= 4 is 17.8 Å². The van der Waals surface area contributed by atoms with E-state index in [1.165, 1.54) is 7.11 Å². The SMILES string of the molecule is COC(=O)CC(NC(=O)CC1(CCc2ccncc2)CCCNC1=O)c1ccccc1. The highest BCUT2D eigenvalue weighted by Gasteiger charge is 2.42. The molecule has 1 aliphatic rings. The van der Waals surface area contributed by atoms with Gasteiger partial charge in [0.1, 0.15) is 0 Å². The van der Waals surface area contributed by atoms with E-state index in [4.69, 9.17) is 4.74 Å². The van der Waals surface area contributed by atoms with Gasteiger partial charge in [-0.3, -0.25) is 19.4 Å². The zero-order valence-electron chi connectivity index (χ0n) is 17.8. The van der Waals surface area contributed by atoms with E-state index in [1.807, 2.05) is 42.5 Å². The molecule has 0 radical (unpaired) electrons. The molecule has 2 unspecified atom stereocenters. The van der Waals surface area contributed by atoms with Crippen molar-refractivity contribution in [2.75, 3.05) is 13.7 Å². The van der Waals surface area contributed by atoms with Crippen LogP contribution >= 0.6 is 0 Å². The van der Waals surface area contributed by atoms with Crippen LogP contribution in [0.15, 0.2) is 54.9 Å². The lowest BCUT2D eigenvalue weighted by atomic mass is 9.72. The fourth-order valence-electron chi connectivity index (χ4n) is 4.10. The van der Waals surface area contributed by atoms with Gasteiger partial charge in [-0.25, -0.2) is 0 Å². The molecule has 2 heterocycles. The summed E-state index contributed by atoms with van der Waals surface area (Å²) in [6, 6.07) is 12.7. The number of carbonyl (C=O) groups is 3. The Morgan fingerprint density at radius 1 is 1.19 bits per heavy atom. The molecule has 3 rings (SSSR count). The molecule has 7 nitrogen and oxygen atoms in total. The number of rotatable bonds is 9. The van der Waals surface area contributed by atoms with E-state index in [9.17, 15) is 14.4 Å². The summed E-state index contributed by atoms with van der Waals surface area (Å²) >= 11 is 0. The summed E-state index contributed by atoms with van der Waals surface area (Å²) in [6.07, 6.45) is 6.32. The Morgan fingerprint density at radius 3 is 2.61 bits per heavy atom. The minimum absolute atomic E-state index is 0.0302. The summed E-state index contributed by atoms with van der Waals surface area (Å²) in [5.74, 6) is -0.728. The number of piperidine rings is 1. The van der Waals surface area contributed by atoms with Gasteiger partial charge in [0, 0.05) is 25.4 Å². The van der Waals surface area contributed by atoms with Crippen molar-refractivity contribution < 1.29 is 19.1 Å². The topological polar surface area (TPSA) is 97.4 Å². The predicted molar refractivity (Wildman–Crippen MR) is 116 cm³/mol. The molecule has 2 N–H and O–H groups in total. The largest absolute Gasteiger partial charge is 0.469 e. The third-order valence-electron chi connectivity index (χ3n) is 5.88. The fourth-order valence-corrected chi connectivity index (χ4v) is 4.10. The van der Waals surface area contributed by atoms with E-state index in [0.29, 0.717) is 25.8 Å². The molecule has 31 heavy (non-hydrogen) atoms. The van der Waals surface area contributed by atoms with Crippen LogP contribution in [0.1, 0.15) is 49.3 Å². The normalized spacial score (nSPS) is 19.2. The van der Waals surface area contributed by atoms with Gasteiger partial charge in [-0.1, -0.05) is 30.3 Å². The molecule has 1 fully saturated rings. The van der Waals surface area contributed by atoms with Crippen LogP contribution < -0.4 is 10.6 Å². The van der Waals surface area contributed by atoms with Gasteiger partial charge in [0.25, 0.3) is 0 Å². The number of carbonyl (C=O) groups excluding carboxylic acids is 3. The number of pyridine rings is 1. The van der Waals surface area contributed by atoms with E-state index in [2.05, 4.69) is 15.6 Å². The third-order valence-corrected chi connectivity index (χ3v) is 5.88. The first-order valence-corrected chi connectivity index (χ1v) is 10.6. The summed E-state index contributed by atoms with van der Waals surface area (Å²) < 4.78 is 4.80. The standard InChI is InChI=1S/C24H29N3O4/c1-31-22(29)16-20(19-6-3-2-4-7-19)27-21(28)17-24(11-5-13-26-23(24)30)12-8-18-9-14-25-15-10-18/h2-4,6-7,9-10,14-15,20H,5,8,11-13,16-17H2,1H3,(H,26,30)(H,27,28). The smallest absolute Gasteiger partial charge is 0.307 e. The number of hydrogen-bond donors (Lipinski definition) is 2. The van der Waals surface area contributed by atoms with Crippen LogP contribution in [0.5, 0.6) is 0 Å². The van der Waals surface area contributed by atoms with Gasteiger partial charge in [0.2, 0.25) is 11.8 Å². The Morgan fingerprint density at radius 2 is 1.94 bits per heavy atom. The summed E-state index contributed by atoms with van der Waals surface area (Å²) in [6.45, 7) is 0.631. The second-order valence-corrected chi connectivity index (χ2v) is 7.98. The monoisotopic (exact) mass is 423 g/mol. The first-order valence-electron chi connectivity index (χ1n) is 10.6. The average molecular weight is 424 g/mol. The Kier molecular flexibility index (Phi) is 7.76. The number of esters is 1. The molecular formula is C24H29N3O4. The molecule has 1 aliphatic heterocycles. The van der Waals surface area contributed by atoms with Gasteiger partial charge in [-0.2, -0.15) is 0 Å². The number of methoxy groups -OCH3 is 1.